The van der Waals surface area contributed by atoms with Crippen LogP contribution in [-0.2, 0) is 0 Å². The van der Waals surface area contributed by atoms with Crippen LogP contribution in [-0.4, -0.2) is 59.2 Å². The molecular weight excluding hydrogens is 589 g/mol. The molecule has 0 amide bonds. The Labute approximate surface area is 229 Å². The number of benzene rings is 3. The average molecular weight is 617 g/mol. The number of rotatable bonds is 10. The largest absolute Gasteiger partial charge is 0.493 e. The number of carbonyl (C=O) groups is 2. The fourth-order valence-electron chi connectivity index (χ4n) is 3.62. The van der Waals surface area contributed by atoms with Crippen LogP contribution in [0.3, 0.4) is 0 Å². The van der Waals surface area contributed by atoms with Crippen molar-refractivity contribution >= 4 is 39.9 Å². The third-order valence-corrected chi connectivity index (χ3v) is 6.24. The van der Waals surface area contributed by atoms with Crippen molar-refractivity contribution in [3.63, 3.8) is 0 Å². The lowest BCUT2D eigenvalue weighted by Crippen LogP contribution is -2.15. The second kappa shape index (κ2) is 12.5. The molecule has 37 heavy (non-hydrogen) atoms. The third kappa shape index (κ3) is 6.16. The Morgan fingerprint density at radius 3 is 1.95 bits per heavy atom. The number of allylic oxidation sites excluding steroid dienone is 1. The van der Waals surface area contributed by atoms with E-state index in [0.29, 0.717) is 33.9 Å². The minimum absolute atomic E-state index is 0.0409. The van der Waals surface area contributed by atoms with Crippen LogP contribution in [0.4, 0.5) is 0 Å². The molecule has 0 bridgehead atoms. The van der Waals surface area contributed by atoms with E-state index in [1.54, 1.807) is 72.8 Å². The van der Waals surface area contributed by atoms with Gasteiger partial charge in [-0.1, -0.05) is 18.2 Å². The number of nitrogens with zero attached hydrogens (tertiary/aromatic N) is 1. The Balaban J connectivity index is 2.21. The van der Waals surface area contributed by atoms with Gasteiger partial charge in [-0.25, -0.2) is 4.79 Å². The predicted octanol–water partition coefficient (Wildman–Crippen LogP) is 5.33. The van der Waals surface area contributed by atoms with Crippen molar-refractivity contribution in [2.45, 2.75) is 0 Å². The first-order valence-corrected chi connectivity index (χ1v) is 12.2. The summed E-state index contributed by atoms with van der Waals surface area (Å²) in [4.78, 5) is 28.9. The van der Waals surface area contributed by atoms with Gasteiger partial charge < -0.3 is 28.6 Å². The highest BCUT2D eigenvalue weighted by atomic mass is 127. The van der Waals surface area contributed by atoms with E-state index >= 15 is 0 Å². The lowest BCUT2D eigenvalue weighted by Gasteiger charge is -2.19. The van der Waals surface area contributed by atoms with Gasteiger partial charge in [0.05, 0.1) is 39.6 Å². The topological polar surface area (TPSA) is 83.5 Å². The van der Waals surface area contributed by atoms with Gasteiger partial charge in [-0.3, -0.25) is 4.79 Å². The number of ketones is 1. The van der Waals surface area contributed by atoms with Crippen LogP contribution in [0.15, 0.2) is 60.8 Å². The monoisotopic (exact) mass is 617 g/mol. The minimum Gasteiger partial charge on any atom is -0.493 e. The lowest BCUT2D eigenvalue weighted by atomic mass is 9.95. The smallest absolute Gasteiger partial charge is 0.343 e. The van der Waals surface area contributed by atoms with Crippen LogP contribution in [0.25, 0.3) is 5.57 Å². The third-order valence-electron chi connectivity index (χ3n) is 5.34. The lowest BCUT2D eigenvalue weighted by molar-refractivity contribution is 0.0727. The molecule has 0 fully saturated rings. The molecule has 3 rings (SSSR count). The number of halogens is 1. The summed E-state index contributed by atoms with van der Waals surface area (Å²) in [5.74, 6) is 0.378. The molecule has 0 radical (unpaired) electrons. The molecule has 0 unspecified atom stereocenters. The highest BCUT2D eigenvalue weighted by Gasteiger charge is 2.28. The number of esters is 1. The molecule has 3 aromatic carbocycles. The molecule has 0 spiro atoms. The van der Waals surface area contributed by atoms with E-state index in [1.807, 2.05) is 14.1 Å². The summed E-state index contributed by atoms with van der Waals surface area (Å²) in [5, 5.41) is 0. The molecular formula is C28H28INO7. The summed E-state index contributed by atoms with van der Waals surface area (Å²) in [6, 6.07) is 15.2. The molecule has 9 heteroatoms. The minimum atomic E-state index is -0.639. The van der Waals surface area contributed by atoms with Crippen molar-refractivity contribution < 1.29 is 33.3 Å². The summed E-state index contributed by atoms with van der Waals surface area (Å²) in [6.07, 6.45) is 1.70. The molecule has 0 heterocycles. The number of carbonyl (C=O) groups excluding carboxylic acids is 2. The molecule has 0 aromatic heterocycles. The van der Waals surface area contributed by atoms with Gasteiger partial charge in [-0.05, 0) is 59.0 Å². The maximum atomic E-state index is 14.1. The van der Waals surface area contributed by atoms with E-state index in [9.17, 15) is 9.59 Å². The highest BCUT2D eigenvalue weighted by Crippen LogP contribution is 2.43. The quantitative estimate of drug-likeness (QED) is 0.0994. The molecule has 0 aliphatic rings. The highest BCUT2D eigenvalue weighted by molar-refractivity contribution is 14.1. The van der Waals surface area contributed by atoms with Crippen molar-refractivity contribution in [2.24, 2.45) is 0 Å². The number of methoxy groups -OCH3 is 4. The molecule has 0 saturated heterocycles. The molecule has 8 nitrogen and oxygen atoms in total. The Hall–Kier alpha value is -3.73. The van der Waals surface area contributed by atoms with Crippen molar-refractivity contribution in [3.8, 4) is 28.7 Å². The van der Waals surface area contributed by atoms with Crippen LogP contribution in [0.2, 0.25) is 0 Å². The van der Waals surface area contributed by atoms with Gasteiger partial charge in [0.15, 0.2) is 28.8 Å². The zero-order valence-corrected chi connectivity index (χ0v) is 23.6. The maximum absolute atomic E-state index is 14.1. The maximum Gasteiger partial charge on any atom is 0.343 e. The van der Waals surface area contributed by atoms with Gasteiger partial charge in [0, 0.05) is 35.0 Å². The van der Waals surface area contributed by atoms with Gasteiger partial charge in [-0.2, -0.15) is 0 Å². The molecule has 194 valence electrons. The van der Waals surface area contributed by atoms with Crippen molar-refractivity contribution in [1.29, 1.82) is 0 Å². The Morgan fingerprint density at radius 1 is 0.757 bits per heavy atom. The molecule has 0 atom stereocenters. The fourth-order valence-corrected chi connectivity index (χ4v) is 4.35. The van der Waals surface area contributed by atoms with Crippen molar-refractivity contribution in [3.05, 3.63) is 81.1 Å². The molecule has 0 aliphatic carbocycles. The normalized spacial score (nSPS) is 10.9. The molecule has 0 aliphatic heterocycles. The number of Topliss-reactive ketones (excluding diaryl/α,β-unsaturated/α-hetero) is 1. The Morgan fingerprint density at radius 2 is 1.38 bits per heavy atom. The van der Waals surface area contributed by atoms with E-state index in [0.717, 1.165) is 3.57 Å². The number of hydrogen-bond donors (Lipinski definition) is 0. The SMILES string of the molecule is COc1cc(I)c(/C(=C\N(C)C)C(=O)c2ccc(OC)c(OC)c2OC(=O)c2ccccc2)cc1OC. The zero-order chi connectivity index (χ0) is 27.1. The van der Waals surface area contributed by atoms with Gasteiger partial charge >= 0.3 is 5.97 Å². The van der Waals surface area contributed by atoms with Gasteiger partial charge in [0.1, 0.15) is 0 Å². The van der Waals surface area contributed by atoms with E-state index < -0.39 is 11.8 Å². The summed E-state index contributed by atoms with van der Waals surface area (Å²) in [6.45, 7) is 0. The van der Waals surface area contributed by atoms with Crippen LogP contribution < -0.4 is 23.7 Å². The summed E-state index contributed by atoms with van der Waals surface area (Å²) < 4.78 is 28.3. The van der Waals surface area contributed by atoms with Gasteiger partial charge in [0.25, 0.3) is 0 Å². The van der Waals surface area contributed by atoms with Gasteiger partial charge in [0.2, 0.25) is 5.75 Å². The summed E-state index contributed by atoms with van der Waals surface area (Å²) in [7, 11) is 9.58. The van der Waals surface area contributed by atoms with E-state index in [1.165, 1.54) is 21.3 Å². The van der Waals surface area contributed by atoms with Crippen LogP contribution in [0, 0.1) is 3.57 Å². The second-order valence-electron chi connectivity index (χ2n) is 7.96. The average Bonchev–Trinajstić information content (AvgIpc) is 2.91. The molecule has 3 aromatic rings. The Bertz CT molecular complexity index is 1320. The first-order valence-electron chi connectivity index (χ1n) is 11.1. The van der Waals surface area contributed by atoms with Crippen molar-refractivity contribution in [2.75, 3.05) is 42.5 Å². The Kier molecular flexibility index (Phi) is 9.40. The van der Waals surface area contributed by atoms with Crippen LogP contribution >= 0.6 is 22.6 Å². The van der Waals surface area contributed by atoms with E-state index in [4.69, 9.17) is 23.7 Å². The first-order chi connectivity index (χ1) is 17.7. The van der Waals surface area contributed by atoms with E-state index in [2.05, 4.69) is 22.6 Å². The molecule has 0 N–H and O–H groups in total. The standard InChI is InChI=1S/C28H28INO7/c1-30(2)16-20(19-14-23(34-4)24(35-5)15-21(19)29)25(31)18-12-13-22(33-3)27(36-6)26(18)37-28(32)17-10-8-7-9-11-17/h7-16H,1-6H3/b20-16+. The van der Waals surface area contributed by atoms with Crippen LogP contribution in [0.5, 0.6) is 28.7 Å². The van der Waals surface area contributed by atoms with E-state index in [-0.39, 0.29) is 17.1 Å². The zero-order valence-electron chi connectivity index (χ0n) is 21.5. The van der Waals surface area contributed by atoms with Crippen LogP contribution in [0.1, 0.15) is 26.3 Å². The number of hydrogen-bond acceptors (Lipinski definition) is 8. The van der Waals surface area contributed by atoms with Gasteiger partial charge in [-0.15, -0.1) is 0 Å². The fraction of sp³-hybridized carbons (Fsp3) is 0.214. The summed E-state index contributed by atoms with van der Waals surface area (Å²) in [5.41, 5.74) is 1.41. The summed E-state index contributed by atoms with van der Waals surface area (Å²) >= 11 is 2.14. The molecule has 0 saturated carbocycles. The second-order valence-corrected chi connectivity index (χ2v) is 9.12. The number of ether oxygens (including phenoxy) is 5. The predicted molar refractivity (Wildman–Crippen MR) is 149 cm³/mol. The van der Waals surface area contributed by atoms with Crippen molar-refractivity contribution in [1.82, 2.24) is 4.90 Å². The first kappa shape index (κ1) is 27.9.